The Morgan fingerprint density at radius 2 is 1.70 bits per heavy atom. The first-order valence-electron chi connectivity index (χ1n) is 12.6. The third kappa shape index (κ3) is 7.23. The van der Waals surface area contributed by atoms with E-state index in [-0.39, 0.29) is 29.7 Å². The molecule has 194 valence electrons. The molecule has 1 N–H and O–H groups in total. The summed E-state index contributed by atoms with van der Waals surface area (Å²) < 4.78 is 0. The Kier molecular flexibility index (Phi) is 9.41. The summed E-state index contributed by atoms with van der Waals surface area (Å²) in [5, 5.41) is 3.93. The molecule has 1 fully saturated rings. The van der Waals surface area contributed by atoms with Crippen LogP contribution in [0.3, 0.4) is 0 Å². The number of thioether (sulfide) groups is 1. The van der Waals surface area contributed by atoms with Crippen molar-refractivity contribution >= 4 is 41.0 Å². The van der Waals surface area contributed by atoms with Crippen molar-refractivity contribution in [2.24, 2.45) is 0 Å². The third-order valence-electron chi connectivity index (χ3n) is 6.30. The van der Waals surface area contributed by atoms with E-state index in [9.17, 15) is 9.59 Å². The fourth-order valence-corrected chi connectivity index (χ4v) is 5.38. The van der Waals surface area contributed by atoms with Crippen LogP contribution < -0.4 is 10.2 Å². The molecule has 1 aliphatic rings. The Labute approximate surface area is 227 Å². The van der Waals surface area contributed by atoms with Crippen LogP contribution in [0.15, 0.2) is 71.9 Å². The van der Waals surface area contributed by atoms with Gasteiger partial charge in [0.2, 0.25) is 11.8 Å². The number of nitrogens with zero attached hydrogens (tertiary/aromatic N) is 4. The number of benzene rings is 2. The molecule has 1 atom stereocenters. The lowest BCUT2D eigenvalue weighted by atomic mass is 9.99. The number of rotatable bonds is 9. The van der Waals surface area contributed by atoms with Gasteiger partial charge in [-0.05, 0) is 24.5 Å². The number of aromatic nitrogens is 2. The van der Waals surface area contributed by atoms with Gasteiger partial charge in [-0.1, -0.05) is 91.0 Å². The van der Waals surface area contributed by atoms with E-state index in [1.807, 2.05) is 72.5 Å². The minimum atomic E-state index is -0.250. The monoisotopic (exact) mass is 537 g/mol. The van der Waals surface area contributed by atoms with Crippen LogP contribution in [-0.2, 0) is 9.59 Å². The van der Waals surface area contributed by atoms with Crippen LogP contribution in [-0.4, -0.2) is 58.1 Å². The van der Waals surface area contributed by atoms with Crippen molar-refractivity contribution in [1.82, 2.24) is 20.2 Å². The summed E-state index contributed by atoms with van der Waals surface area (Å²) in [6.45, 7) is 6.06. The number of carbonyl (C=O) groups is 2. The Morgan fingerprint density at radius 1 is 1.05 bits per heavy atom. The molecule has 0 saturated carbocycles. The Hall–Kier alpha value is -3.10. The zero-order valence-corrected chi connectivity index (χ0v) is 22.7. The highest BCUT2D eigenvalue weighted by Gasteiger charge is 2.28. The summed E-state index contributed by atoms with van der Waals surface area (Å²) in [5.41, 5.74) is 2.03. The number of carbonyl (C=O) groups excluding carboxylic acids is 2. The average molecular weight is 538 g/mol. The molecule has 1 saturated heterocycles. The van der Waals surface area contributed by atoms with Gasteiger partial charge in [0.1, 0.15) is 11.0 Å². The maximum Gasteiger partial charge on any atom is 0.231 e. The quantitative estimate of drug-likeness (QED) is 0.236. The van der Waals surface area contributed by atoms with E-state index in [0.29, 0.717) is 42.2 Å². The molecule has 0 aliphatic carbocycles. The molecule has 2 amide bonds. The summed E-state index contributed by atoms with van der Waals surface area (Å²) >= 11 is 7.59. The van der Waals surface area contributed by atoms with Crippen LogP contribution in [0.2, 0.25) is 5.15 Å². The van der Waals surface area contributed by atoms with E-state index < -0.39 is 0 Å². The van der Waals surface area contributed by atoms with Gasteiger partial charge in [-0.3, -0.25) is 9.59 Å². The number of hydrogen-bond acceptors (Lipinski definition) is 6. The molecule has 1 unspecified atom stereocenters. The van der Waals surface area contributed by atoms with Crippen molar-refractivity contribution in [3.05, 3.63) is 83.0 Å². The molecule has 37 heavy (non-hydrogen) atoms. The van der Waals surface area contributed by atoms with Crippen LogP contribution in [0.1, 0.15) is 43.9 Å². The molecule has 7 nitrogen and oxygen atoms in total. The summed E-state index contributed by atoms with van der Waals surface area (Å²) in [6.07, 6.45) is 1.42. The van der Waals surface area contributed by atoms with Gasteiger partial charge >= 0.3 is 0 Å². The largest absolute Gasteiger partial charge is 0.353 e. The second kappa shape index (κ2) is 12.9. The number of amides is 2. The molecule has 3 aromatic rings. The SMILES string of the molecule is CCCC(=O)N1CCN(c2cc(Cl)nc(SCC(=O)NC(c3ccccc3)c3ccccc3)n2)CC1C. The standard InChI is InChI=1S/C28H32ClN5O2S/c1-3-10-26(36)34-16-15-33(18-20(34)2)24-17-23(29)30-28(31-24)37-19-25(35)32-27(21-11-6-4-7-12-21)22-13-8-5-9-14-22/h4-9,11-14,17,20,27H,3,10,15-16,18-19H2,1-2H3,(H,32,35). The predicted molar refractivity (Wildman–Crippen MR) is 149 cm³/mol. The highest BCUT2D eigenvalue weighted by atomic mass is 35.5. The van der Waals surface area contributed by atoms with Crippen LogP contribution >= 0.6 is 23.4 Å². The molecule has 2 aromatic carbocycles. The van der Waals surface area contributed by atoms with Crippen molar-refractivity contribution in [3.63, 3.8) is 0 Å². The van der Waals surface area contributed by atoms with Gasteiger partial charge in [-0.2, -0.15) is 0 Å². The zero-order chi connectivity index (χ0) is 26.2. The maximum absolute atomic E-state index is 13.0. The highest BCUT2D eigenvalue weighted by Crippen LogP contribution is 2.26. The van der Waals surface area contributed by atoms with Gasteiger partial charge in [0.15, 0.2) is 5.16 Å². The smallest absolute Gasteiger partial charge is 0.231 e. The van der Waals surface area contributed by atoms with Gasteiger partial charge < -0.3 is 15.1 Å². The lowest BCUT2D eigenvalue weighted by Gasteiger charge is -2.40. The van der Waals surface area contributed by atoms with E-state index in [1.165, 1.54) is 11.8 Å². The van der Waals surface area contributed by atoms with Gasteiger partial charge in [-0.25, -0.2) is 9.97 Å². The second-order valence-corrected chi connectivity index (χ2v) is 10.4. The number of piperazine rings is 1. The van der Waals surface area contributed by atoms with Gasteiger partial charge in [0.05, 0.1) is 11.8 Å². The van der Waals surface area contributed by atoms with E-state index >= 15 is 0 Å². The molecule has 0 spiro atoms. The minimum Gasteiger partial charge on any atom is -0.353 e. The lowest BCUT2D eigenvalue weighted by molar-refractivity contribution is -0.133. The molecule has 0 radical (unpaired) electrons. The second-order valence-electron chi connectivity index (χ2n) is 9.07. The number of hydrogen-bond donors (Lipinski definition) is 1. The van der Waals surface area contributed by atoms with Crippen molar-refractivity contribution < 1.29 is 9.59 Å². The minimum absolute atomic E-state index is 0.0799. The van der Waals surface area contributed by atoms with Gasteiger partial charge in [-0.15, -0.1) is 0 Å². The summed E-state index contributed by atoms with van der Waals surface area (Å²) in [5.74, 6) is 0.946. The maximum atomic E-state index is 13.0. The van der Waals surface area contributed by atoms with Crippen LogP contribution in [0.5, 0.6) is 0 Å². The molecular weight excluding hydrogens is 506 g/mol. The highest BCUT2D eigenvalue weighted by molar-refractivity contribution is 7.99. The molecule has 1 aliphatic heterocycles. The summed E-state index contributed by atoms with van der Waals surface area (Å²) in [6, 6.07) is 21.4. The molecule has 1 aromatic heterocycles. The molecule has 9 heteroatoms. The number of halogens is 1. The normalized spacial score (nSPS) is 15.6. The van der Waals surface area contributed by atoms with E-state index in [0.717, 1.165) is 17.5 Å². The van der Waals surface area contributed by atoms with Gasteiger partial charge in [0, 0.05) is 38.2 Å². The summed E-state index contributed by atoms with van der Waals surface area (Å²) in [7, 11) is 0. The first-order valence-corrected chi connectivity index (χ1v) is 13.9. The lowest BCUT2D eigenvalue weighted by Crippen LogP contribution is -2.54. The third-order valence-corrected chi connectivity index (χ3v) is 7.34. The Bertz CT molecular complexity index is 1160. The average Bonchev–Trinajstić information content (AvgIpc) is 2.91. The first-order chi connectivity index (χ1) is 17.9. The van der Waals surface area contributed by atoms with Gasteiger partial charge in [0.25, 0.3) is 0 Å². The van der Waals surface area contributed by atoms with Crippen molar-refractivity contribution in [1.29, 1.82) is 0 Å². The van der Waals surface area contributed by atoms with E-state index in [2.05, 4.69) is 27.1 Å². The Balaban J connectivity index is 1.40. The van der Waals surface area contributed by atoms with Crippen molar-refractivity contribution in [3.8, 4) is 0 Å². The number of nitrogens with one attached hydrogen (secondary N) is 1. The molecular formula is C28H32ClN5O2S. The molecule has 0 bridgehead atoms. The zero-order valence-electron chi connectivity index (χ0n) is 21.1. The topological polar surface area (TPSA) is 78.4 Å². The van der Waals surface area contributed by atoms with Crippen LogP contribution in [0.25, 0.3) is 0 Å². The first kappa shape index (κ1) is 26.9. The molecule has 4 rings (SSSR count). The fourth-order valence-electron chi connectivity index (χ4n) is 4.49. The van der Waals surface area contributed by atoms with E-state index in [4.69, 9.17) is 11.6 Å². The predicted octanol–water partition coefficient (Wildman–Crippen LogP) is 4.97. The van der Waals surface area contributed by atoms with E-state index in [1.54, 1.807) is 6.07 Å². The summed E-state index contributed by atoms with van der Waals surface area (Å²) in [4.78, 5) is 38.4. The van der Waals surface area contributed by atoms with Crippen molar-refractivity contribution in [2.45, 2.75) is 43.9 Å². The van der Waals surface area contributed by atoms with Crippen molar-refractivity contribution in [2.75, 3.05) is 30.3 Å². The molecule has 2 heterocycles. The van der Waals surface area contributed by atoms with Crippen LogP contribution in [0, 0.1) is 0 Å². The Morgan fingerprint density at radius 3 is 2.30 bits per heavy atom. The van der Waals surface area contributed by atoms with Crippen LogP contribution in [0.4, 0.5) is 5.82 Å². The number of anilines is 1. The fraction of sp³-hybridized carbons (Fsp3) is 0.357.